The van der Waals surface area contributed by atoms with Crippen LogP contribution in [0.25, 0.3) is 0 Å². The Morgan fingerprint density at radius 3 is 2.94 bits per heavy atom. The summed E-state index contributed by atoms with van der Waals surface area (Å²) in [7, 11) is 0. The molecule has 0 unspecified atom stereocenters. The molecule has 4 N–H and O–H groups in total. The molecule has 1 aliphatic rings. The van der Waals surface area contributed by atoms with E-state index in [1.54, 1.807) is 0 Å². The predicted octanol–water partition coefficient (Wildman–Crippen LogP) is 0.622. The van der Waals surface area contributed by atoms with Gasteiger partial charge in [0.05, 0.1) is 0 Å². The first kappa shape index (κ1) is 13.3. The van der Waals surface area contributed by atoms with E-state index in [2.05, 4.69) is 22.7 Å². The molecule has 1 aliphatic carbocycles. The third-order valence-electron chi connectivity index (χ3n) is 2.44. The van der Waals surface area contributed by atoms with Crippen LogP contribution in [0.1, 0.15) is 32.6 Å². The highest BCUT2D eigenvalue weighted by Crippen LogP contribution is 2.28. The fourth-order valence-corrected chi connectivity index (χ4v) is 1.29. The van der Waals surface area contributed by atoms with E-state index in [0.29, 0.717) is 5.96 Å². The van der Waals surface area contributed by atoms with Gasteiger partial charge in [0.15, 0.2) is 0 Å². The molecule has 0 radical (unpaired) electrons. The van der Waals surface area contributed by atoms with Crippen molar-refractivity contribution in [1.82, 2.24) is 10.7 Å². The van der Waals surface area contributed by atoms with E-state index in [4.69, 9.17) is 10.6 Å². The van der Waals surface area contributed by atoms with Crippen LogP contribution in [0.3, 0.4) is 0 Å². The van der Waals surface area contributed by atoms with Gasteiger partial charge in [-0.05, 0) is 31.6 Å². The Hall–Kier alpha value is -0.810. The molecule has 0 heterocycles. The lowest BCUT2D eigenvalue weighted by Gasteiger charge is -2.09. The zero-order valence-electron chi connectivity index (χ0n) is 10.2. The van der Waals surface area contributed by atoms with Gasteiger partial charge in [-0.25, -0.2) is 5.84 Å². The maximum absolute atomic E-state index is 5.52. The Morgan fingerprint density at radius 1 is 1.50 bits per heavy atom. The number of nitrogens with zero attached hydrogens (tertiary/aromatic N) is 1. The molecule has 0 aromatic rings. The van der Waals surface area contributed by atoms with Crippen molar-refractivity contribution >= 4 is 5.96 Å². The highest BCUT2D eigenvalue weighted by atomic mass is 16.5. The minimum atomic E-state index is 0.670. The Balaban J connectivity index is 1.90. The minimum Gasteiger partial charge on any atom is -0.381 e. The van der Waals surface area contributed by atoms with Crippen LogP contribution in [0.4, 0.5) is 0 Å². The second-order valence-corrected chi connectivity index (χ2v) is 4.17. The first-order chi connectivity index (χ1) is 7.86. The van der Waals surface area contributed by atoms with Crippen molar-refractivity contribution in [1.29, 1.82) is 0 Å². The highest BCUT2D eigenvalue weighted by molar-refractivity contribution is 5.79. The quantitative estimate of drug-likeness (QED) is 0.187. The van der Waals surface area contributed by atoms with E-state index in [0.717, 1.165) is 45.1 Å². The fourth-order valence-electron chi connectivity index (χ4n) is 1.29. The van der Waals surface area contributed by atoms with Crippen molar-refractivity contribution in [2.24, 2.45) is 16.8 Å². The second-order valence-electron chi connectivity index (χ2n) is 4.17. The number of nitrogens with one attached hydrogen (secondary N) is 2. The number of aliphatic imine (C=N–C) groups is 1. The summed E-state index contributed by atoms with van der Waals surface area (Å²) in [6.45, 7) is 5.48. The van der Waals surface area contributed by atoms with Gasteiger partial charge < -0.3 is 10.1 Å². The lowest BCUT2D eigenvalue weighted by molar-refractivity contribution is 0.123. The summed E-state index contributed by atoms with van der Waals surface area (Å²) in [5.41, 5.74) is 2.55. The number of nitrogens with two attached hydrogens (primary N) is 1. The molecule has 1 fully saturated rings. The number of hydrogen-bond donors (Lipinski definition) is 3. The largest absolute Gasteiger partial charge is 0.381 e. The number of rotatable bonds is 8. The van der Waals surface area contributed by atoms with E-state index < -0.39 is 0 Å². The lowest BCUT2D eigenvalue weighted by atomic mass is 10.4. The standard InChI is InChI=1S/C11H24N4O/c1-2-6-13-11(15-12)14-7-3-8-16-9-10-4-5-10/h10H,2-9,12H2,1H3,(H2,13,14,15). The smallest absolute Gasteiger partial charge is 0.205 e. The summed E-state index contributed by atoms with van der Waals surface area (Å²) in [5.74, 6) is 6.85. The summed E-state index contributed by atoms with van der Waals surface area (Å²) < 4.78 is 5.52. The van der Waals surface area contributed by atoms with E-state index in [1.165, 1.54) is 12.8 Å². The van der Waals surface area contributed by atoms with Crippen LogP contribution in [-0.4, -0.2) is 32.3 Å². The Kier molecular flexibility index (Phi) is 6.92. The molecule has 0 aromatic carbocycles. The Morgan fingerprint density at radius 2 is 2.31 bits per heavy atom. The van der Waals surface area contributed by atoms with Gasteiger partial charge in [0.2, 0.25) is 5.96 Å². The zero-order chi connectivity index (χ0) is 11.6. The molecule has 0 amide bonds. The molecule has 0 atom stereocenters. The van der Waals surface area contributed by atoms with Crippen molar-refractivity contribution in [3.8, 4) is 0 Å². The first-order valence-corrected chi connectivity index (χ1v) is 6.19. The zero-order valence-corrected chi connectivity index (χ0v) is 10.2. The van der Waals surface area contributed by atoms with Gasteiger partial charge in [-0.2, -0.15) is 0 Å². The summed E-state index contributed by atoms with van der Waals surface area (Å²) in [6.07, 6.45) is 4.71. The van der Waals surface area contributed by atoms with Gasteiger partial charge in [-0.15, -0.1) is 0 Å². The maximum atomic E-state index is 5.52. The van der Waals surface area contributed by atoms with Gasteiger partial charge in [0.25, 0.3) is 0 Å². The SMILES string of the molecule is CCCN=C(NN)NCCCOCC1CC1. The van der Waals surface area contributed by atoms with Gasteiger partial charge in [-0.1, -0.05) is 6.92 Å². The summed E-state index contributed by atoms with van der Waals surface area (Å²) in [6, 6.07) is 0. The second kappa shape index (κ2) is 8.35. The lowest BCUT2D eigenvalue weighted by Crippen LogP contribution is -2.42. The molecule has 0 aliphatic heterocycles. The van der Waals surface area contributed by atoms with Crippen LogP contribution in [-0.2, 0) is 4.74 Å². The van der Waals surface area contributed by atoms with Crippen LogP contribution in [0.5, 0.6) is 0 Å². The molecule has 0 spiro atoms. The van der Waals surface area contributed by atoms with Crippen molar-refractivity contribution in [3.63, 3.8) is 0 Å². The average Bonchev–Trinajstić information content (AvgIpc) is 3.11. The molecule has 5 heteroatoms. The molecule has 1 saturated carbocycles. The number of guanidine groups is 1. The average molecular weight is 228 g/mol. The van der Waals surface area contributed by atoms with Crippen LogP contribution < -0.4 is 16.6 Å². The Labute approximate surface area is 97.8 Å². The Bertz CT molecular complexity index is 204. The normalized spacial score (nSPS) is 16.2. The molecule has 1 rings (SSSR count). The molecule has 94 valence electrons. The van der Waals surface area contributed by atoms with Crippen molar-refractivity contribution < 1.29 is 4.74 Å². The van der Waals surface area contributed by atoms with Gasteiger partial charge in [0, 0.05) is 26.3 Å². The maximum Gasteiger partial charge on any atom is 0.205 e. The van der Waals surface area contributed by atoms with E-state index in [1.807, 2.05) is 0 Å². The highest BCUT2D eigenvalue weighted by Gasteiger charge is 2.20. The molecular formula is C11H24N4O. The van der Waals surface area contributed by atoms with Crippen LogP contribution >= 0.6 is 0 Å². The number of hydrogen-bond acceptors (Lipinski definition) is 3. The molecule has 0 bridgehead atoms. The molecule has 5 nitrogen and oxygen atoms in total. The monoisotopic (exact) mass is 228 g/mol. The van der Waals surface area contributed by atoms with Crippen molar-refractivity contribution in [2.45, 2.75) is 32.6 Å². The summed E-state index contributed by atoms with van der Waals surface area (Å²) in [5, 5.41) is 3.14. The van der Waals surface area contributed by atoms with Crippen LogP contribution in [0.2, 0.25) is 0 Å². The third-order valence-corrected chi connectivity index (χ3v) is 2.44. The first-order valence-electron chi connectivity index (χ1n) is 6.19. The predicted molar refractivity (Wildman–Crippen MR) is 66.1 cm³/mol. The fraction of sp³-hybridized carbons (Fsp3) is 0.909. The molecular weight excluding hydrogens is 204 g/mol. The van der Waals surface area contributed by atoms with Crippen molar-refractivity contribution in [3.05, 3.63) is 0 Å². The molecule has 0 aromatic heterocycles. The van der Waals surface area contributed by atoms with E-state index in [9.17, 15) is 0 Å². The molecule has 0 saturated heterocycles. The van der Waals surface area contributed by atoms with E-state index in [-0.39, 0.29) is 0 Å². The van der Waals surface area contributed by atoms with Crippen molar-refractivity contribution in [2.75, 3.05) is 26.3 Å². The number of ether oxygens (including phenoxy) is 1. The van der Waals surface area contributed by atoms with Gasteiger partial charge in [0.1, 0.15) is 0 Å². The minimum absolute atomic E-state index is 0.670. The van der Waals surface area contributed by atoms with Gasteiger partial charge in [-0.3, -0.25) is 10.4 Å². The summed E-state index contributed by atoms with van der Waals surface area (Å²) in [4.78, 5) is 4.25. The van der Waals surface area contributed by atoms with Gasteiger partial charge >= 0.3 is 0 Å². The van der Waals surface area contributed by atoms with E-state index >= 15 is 0 Å². The topological polar surface area (TPSA) is 71.7 Å². The molecule has 16 heavy (non-hydrogen) atoms. The van der Waals surface area contributed by atoms with Crippen LogP contribution in [0, 0.1) is 5.92 Å². The third kappa shape index (κ3) is 6.63. The number of hydrazine groups is 1. The van der Waals surface area contributed by atoms with Crippen LogP contribution in [0.15, 0.2) is 4.99 Å². The summed E-state index contributed by atoms with van der Waals surface area (Å²) >= 11 is 0.